The van der Waals surface area contributed by atoms with Gasteiger partial charge in [0.1, 0.15) is 0 Å². The maximum absolute atomic E-state index is 12.2. The molecule has 1 aliphatic rings. The Labute approximate surface area is 127 Å². The molecule has 1 heterocycles. The first-order valence-electron chi connectivity index (χ1n) is 7.81. The van der Waals surface area contributed by atoms with Crippen molar-refractivity contribution < 1.29 is 9.53 Å². The fraction of sp³-hybridized carbons (Fsp3) is 0.588. The monoisotopic (exact) mass is 290 g/mol. The summed E-state index contributed by atoms with van der Waals surface area (Å²) in [4.78, 5) is 12.2. The molecule has 21 heavy (non-hydrogen) atoms. The summed E-state index contributed by atoms with van der Waals surface area (Å²) >= 11 is 0. The largest absolute Gasteiger partial charge is 0.385 e. The van der Waals surface area contributed by atoms with Gasteiger partial charge >= 0.3 is 0 Å². The second-order valence-electron chi connectivity index (χ2n) is 6.04. The van der Waals surface area contributed by atoms with E-state index in [0.29, 0.717) is 12.1 Å². The van der Waals surface area contributed by atoms with E-state index in [0.717, 1.165) is 43.7 Å². The average molecular weight is 290 g/mol. The molecule has 0 bridgehead atoms. The van der Waals surface area contributed by atoms with Crippen LogP contribution in [0.3, 0.4) is 0 Å². The molecule has 1 aromatic carbocycles. The van der Waals surface area contributed by atoms with Crippen molar-refractivity contribution in [1.82, 2.24) is 5.32 Å². The van der Waals surface area contributed by atoms with Crippen molar-refractivity contribution in [2.24, 2.45) is 0 Å². The zero-order chi connectivity index (χ0) is 15.3. The summed E-state index contributed by atoms with van der Waals surface area (Å²) in [5.74, 6) is -0.0307. The minimum Gasteiger partial charge on any atom is -0.385 e. The van der Waals surface area contributed by atoms with Crippen LogP contribution in [-0.2, 0) is 4.74 Å². The zero-order valence-corrected chi connectivity index (χ0v) is 13.3. The van der Waals surface area contributed by atoms with E-state index in [1.807, 2.05) is 25.1 Å². The molecule has 1 unspecified atom stereocenters. The molecule has 4 nitrogen and oxygen atoms in total. The van der Waals surface area contributed by atoms with Gasteiger partial charge in [0.05, 0.1) is 5.60 Å². The van der Waals surface area contributed by atoms with E-state index >= 15 is 0 Å². The molecule has 4 heteroatoms. The van der Waals surface area contributed by atoms with Gasteiger partial charge in [-0.3, -0.25) is 4.79 Å². The molecule has 1 fully saturated rings. The fourth-order valence-electron chi connectivity index (χ4n) is 2.61. The molecule has 1 saturated heterocycles. The fourth-order valence-corrected chi connectivity index (χ4v) is 2.61. The Morgan fingerprint density at radius 1 is 1.43 bits per heavy atom. The molecule has 1 aliphatic heterocycles. The van der Waals surface area contributed by atoms with E-state index in [9.17, 15) is 4.79 Å². The molecule has 2 rings (SSSR count). The third kappa shape index (κ3) is 4.21. The normalized spacial score (nSPS) is 21.3. The van der Waals surface area contributed by atoms with E-state index in [1.165, 1.54) is 0 Å². The molecular formula is C17H26N2O2. The Morgan fingerprint density at radius 3 is 2.86 bits per heavy atom. The summed E-state index contributed by atoms with van der Waals surface area (Å²) < 4.78 is 5.69. The third-order valence-electron chi connectivity index (χ3n) is 3.98. The number of hydrogen-bond acceptors (Lipinski definition) is 3. The topological polar surface area (TPSA) is 50.4 Å². The van der Waals surface area contributed by atoms with Crippen molar-refractivity contribution in [2.75, 3.05) is 25.0 Å². The van der Waals surface area contributed by atoms with E-state index in [1.54, 1.807) is 0 Å². The molecule has 0 aliphatic carbocycles. The van der Waals surface area contributed by atoms with Crippen molar-refractivity contribution in [3.05, 3.63) is 29.3 Å². The molecule has 116 valence electrons. The quantitative estimate of drug-likeness (QED) is 0.846. The van der Waals surface area contributed by atoms with Crippen molar-refractivity contribution in [1.29, 1.82) is 0 Å². The van der Waals surface area contributed by atoms with Gasteiger partial charge in [0.25, 0.3) is 5.91 Å². The molecule has 1 atom stereocenters. The van der Waals surface area contributed by atoms with Crippen molar-refractivity contribution in [2.45, 2.75) is 45.6 Å². The number of amides is 1. The van der Waals surface area contributed by atoms with Gasteiger partial charge in [-0.25, -0.2) is 0 Å². The number of carbonyl (C=O) groups excluding carboxylic acids is 1. The molecule has 1 aromatic rings. The van der Waals surface area contributed by atoms with Gasteiger partial charge in [-0.2, -0.15) is 0 Å². The number of aryl methyl sites for hydroxylation is 1. The molecular weight excluding hydrogens is 264 g/mol. The summed E-state index contributed by atoms with van der Waals surface area (Å²) in [5, 5.41) is 6.35. The summed E-state index contributed by atoms with van der Waals surface area (Å²) in [7, 11) is 0. The standard InChI is InChI=1S/C17H26N2O2/c1-4-9-18-15-7-6-14(11-13(15)2)16(20)19-12-17(3)8-5-10-21-17/h6-7,11,18H,4-5,8-10,12H2,1-3H3,(H,19,20). The number of benzene rings is 1. The Kier molecular flexibility index (Phi) is 5.23. The summed E-state index contributed by atoms with van der Waals surface area (Å²) in [6, 6.07) is 5.79. The SMILES string of the molecule is CCCNc1ccc(C(=O)NCC2(C)CCCO2)cc1C. The van der Waals surface area contributed by atoms with Gasteiger partial charge in [0.15, 0.2) is 0 Å². The van der Waals surface area contributed by atoms with Gasteiger partial charge in [-0.1, -0.05) is 6.92 Å². The van der Waals surface area contributed by atoms with Crippen molar-refractivity contribution >= 4 is 11.6 Å². The number of anilines is 1. The van der Waals surface area contributed by atoms with Crippen LogP contribution in [-0.4, -0.2) is 31.2 Å². The van der Waals surface area contributed by atoms with Crippen LogP contribution < -0.4 is 10.6 Å². The lowest BCUT2D eigenvalue weighted by Gasteiger charge is -2.23. The molecule has 0 saturated carbocycles. The van der Waals surface area contributed by atoms with Gasteiger partial charge in [0, 0.05) is 30.9 Å². The second-order valence-corrected chi connectivity index (χ2v) is 6.04. The van der Waals surface area contributed by atoms with E-state index in [4.69, 9.17) is 4.74 Å². The minimum atomic E-state index is -0.201. The lowest BCUT2D eigenvalue weighted by Crippen LogP contribution is -2.40. The van der Waals surface area contributed by atoms with Gasteiger partial charge < -0.3 is 15.4 Å². The number of carbonyl (C=O) groups is 1. The van der Waals surface area contributed by atoms with Crippen LogP contribution in [0.15, 0.2) is 18.2 Å². The third-order valence-corrected chi connectivity index (χ3v) is 3.98. The first kappa shape index (κ1) is 15.8. The first-order valence-corrected chi connectivity index (χ1v) is 7.81. The van der Waals surface area contributed by atoms with E-state index in [-0.39, 0.29) is 11.5 Å². The maximum Gasteiger partial charge on any atom is 0.251 e. The lowest BCUT2D eigenvalue weighted by molar-refractivity contribution is 0.0206. The van der Waals surface area contributed by atoms with Crippen molar-refractivity contribution in [3.63, 3.8) is 0 Å². The Balaban J connectivity index is 1.94. The Morgan fingerprint density at radius 2 is 2.24 bits per heavy atom. The highest BCUT2D eigenvalue weighted by Crippen LogP contribution is 2.24. The van der Waals surface area contributed by atoms with Crippen molar-refractivity contribution in [3.8, 4) is 0 Å². The minimum absolute atomic E-state index is 0.0307. The number of ether oxygens (including phenoxy) is 1. The second kappa shape index (κ2) is 6.94. The Bertz CT molecular complexity index is 494. The maximum atomic E-state index is 12.2. The smallest absolute Gasteiger partial charge is 0.251 e. The van der Waals surface area contributed by atoms with Crippen LogP contribution in [0, 0.1) is 6.92 Å². The highest BCUT2D eigenvalue weighted by molar-refractivity contribution is 5.94. The predicted molar refractivity (Wildman–Crippen MR) is 85.9 cm³/mol. The van der Waals surface area contributed by atoms with Crippen LogP contribution in [0.4, 0.5) is 5.69 Å². The summed E-state index contributed by atoms with van der Waals surface area (Å²) in [5.41, 5.74) is 2.70. The predicted octanol–water partition coefficient (Wildman–Crippen LogP) is 3.12. The molecule has 1 amide bonds. The van der Waals surface area contributed by atoms with Crippen LogP contribution in [0.1, 0.15) is 49.0 Å². The highest BCUT2D eigenvalue weighted by Gasteiger charge is 2.30. The number of nitrogens with one attached hydrogen (secondary N) is 2. The van der Waals surface area contributed by atoms with Crippen LogP contribution in [0.5, 0.6) is 0 Å². The highest BCUT2D eigenvalue weighted by atomic mass is 16.5. The van der Waals surface area contributed by atoms with Crippen LogP contribution >= 0.6 is 0 Å². The molecule has 0 aromatic heterocycles. The first-order chi connectivity index (χ1) is 10.0. The number of rotatable bonds is 6. The van der Waals surface area contributed by atoms with E-state index in [2.05, 4.69) is 24.5 Å². The summed E-state index contributed by atoms with van der Waals surface area (Å²) in [6.45, 7) is 8.53. The molecule has 0 radical (unpaired) electrons. The van der Waals surface area contributed by atoms with Gasteiger partial charge in [-0.15, -0.1) is 0 Å². The average Bonchev–Trinajstić information content (AvgIpc) is 2.91. The van der Waals surface area contributed by atoms with Gasteiger partial charge in [-0.05, 0) is 56.9 Å². The summed E-state index contributed by atoms with van der Waals surface area (Å²) in [6.07, 6.45) is 3.16. The lowest BCUT2D eigenvalue weighted by atomic mass is 10.0. The number of hydrogen-bond donors (Lipinski definition) is 2. The molecule has 0 spiro atoms. The van der Waals surface area contributed by atoms with Gasteiger partial charge in [0.2, 0.25) is 0 Å². The van der Waals surface area contributed by atoms with Crippen LogP contribution in [0.2, 0.25) is 0 Å². The zero-order valence-electron chi connectivity index (χ0n) is 13.3. The van der Waals surface area contributed by atoms with E-state index < -0.39 is 0 Å². The Hall–Kier alpha value is -1.55. The molecule has 2 N–H and O–H groups in total. The van der Waals surface area contributed by atoms with Crippen LogP contribution in [0.25, 0.3) is 0 Å².